The molecule has 1 aromatic carbocycles. The molecule has 2 unspecified atom stereocenters. The number of likely N-dealkylation sites (N-methyl/N-ethyl adjacent to an activating group) is 1. The van der Waals surface area contributed by atoms with Gasteiger partial charge < -0.3 is 4.90 Å². The minimum absolute atomic E-state index is 0.0695. The first-order valence-corrected chi connectivity index (χ1v) is 8.11. The van der Waals surface area contributed by atoms with Crippen LogP contribution in [-0.4, -0.2) is 24.3 Å². The first kappa shape index (κ1) is 14.3. The molecule has 116 valence electrons. The lowest BCUT2D eigenvalue weighted by Crippen LogP contribution is -2.46. The second-order valence-electron chi connectivity index (χ2n) is 7.37. The molecule has 0 N–H and O–H groups in total. The van der Waals surface area contributed by atoms with E-state index in [0.29, 0.717) is 6.42 Å². The Hall–Kier alpha value is -2.34. The largest absolute Gasteiger partial charge is 0.373 e. The van der Waals surface area contributed by atoms with Gasteiger partial charge in [-0.05, 0) is 37.0 Å². The molecule has 3 nitrogen and oxygen atoms in total. The molecule has 0 radical (unpaired) electrons. The van der Waals surface area contributed by atoms with Crippen molar-refractivity contribution in [2.75, 3.05) is 13.6 Å². The van der Waals surface area contributed by atoms with Crippen LogP contribution in [0.2, 0.25) is 0 Å². The molecule has 1 saturated carbocycles. The van der Waals surface area contributed by atoms with Crippen molar-refractivity contribution in [1.29, 1.82) is 5.26 Å². The zero-order valence-corrected chi connectivity index (χ0v) is 13.8. The SMILES string of the molecule is CN1CC=C2C(C)(C)C(=O)C(C#N)CC23C(c2ccccc2)=C13. The maximum Gasteiger partial charge on any atom is 0.159 e. The van der Waals surface area contributed by atoms with Crippen LogP contribution >= 0.6 is 0 Å². The highest BCUT2D eigenvalue weighted by Gasteiger charge is 2.67. The lowest BCUT2D eigenvalue weighted by Gasteiger charge is -2.45. The van der Waals surface area contributed by atoms with Crippen LogP contribution in [0, 0.1) is 28.1 Å². The molecule has 3 heteroatoms. The Morgan fingerprint density at radius 1 is 1.26 bits per heavy atom. The van der Waals surface area contributed by atoms with E-state index in [1.807, 2.05) is 32.0 Å². The molecule has 23 heavy (non-hydrogen) atoms. The first-order chi connectivity index (χ1) is 10.9. The van der Waals surface area contributed by atoms with Crippen LogP contribution in [0.5, 0.6) is 0 Å². The number of carbonyl (C=O) groups excluding carboxylic acids is 1. The molecule has 1 heterocycles. The number of hydrogen-bond donors (Lipinski definition) is 0. The summed E-state index contributed by atoms with van der Waals surface area (Å²) >= 11 is 0. The van der Waals surface area contributed by atoms with Crippen LogP contribution < -0.4 is 0 Å². The Bertz CT molecular complexity index is 810. The summed E-state index contributed by atoms with van der Waals surface area (Å²) < 4.78 is 0. The Morgan fingerprint density at radius 3 is 2.61 bits per heavy atom. The van der Waals surface area contributed by atoms with Gasteiger partial charge in [0, 0.05) is 24.7 Å². The van der Waals surface area contributed by atoms with Crippen LogP contribution in [0.1, 0.15) is 25.8 Å². The fourth-order valence-corrected chi connectivity index (χ4v) is 4.73. The van der Waals surface area contributed by atoms with Gasteiger partial charge in [0.2, 0.25) is 0 Å². The van der Waals surface area contributed by atoms with E-state index >= 15 is 0 Å². The van der Waals surface area contributed by atoms with E-state index in [9.17, 15) is 10.1 Å². The van der Waals surface area contributed by atoms with Gasteiger partial charge in [-0.15, -0.1) is 0 Å². The maximum absolute atomic E-state index is 12.7. The Balaban J connectivity index is 1.90. The van der Waals surface area contributed by atoms with Gasteiger partial charge in [0.25, 0.3) is 0 Å². The zero-order chi connectivity index (χ0) is 16.4. The van der Waals surface area contributed by atoms with Crippen molar-refractivity contribution in [2.45, 2.75) is 20.3 Å². The summed E-state index contributed by atoms with van der Waals surface area (Å²) in [5.74, 6) is -0.454. The minimum atomic E-state index is -0.568. The molecule has 0 saturated heterocycles. The molecule has 4 rings (SSSR count). The molecule has 0 aromatic heterocycles. The lowest BCUT2D eigenvalue weighted by atomic mass is 9.58. The fraction of sp³-hybridized carbons (Fsp3) is 0.400. The van der Waals surface area contributed by atoms with E-state index in [1.165, 1.54) is 22.4 Å². The summed E-state index contributed by atoms with van der Waals surface area (Å²) in [7, 11) is 2.10. The third-order valence-electron chi connectivity index (χ3n) is 5.75. The third-order valence-corrected chi connectivity index (χ3v) is 5.75. The number of allylic oxidation sites excluding steroid dienone is 2. The number of rotatable bonds is 1. The van der Waals surface area contributed by atoms with Gasteiger partial charge in [-0.3, -0.25) is 4.79 Å². The van der Waals surface area contributed by atoms with Gasteiger partial charge in [0.15, 0.2) is 5.78 Å². The Morgan fingerprint density at radius 2 is 1.96 bits per heavy atom. The second kappa shape index (κ2) is 4.35. The molecule has 3 aliphatic rings. The van der Waals surface area contributed by atoms with Gasteiger partial charge in [-0.25, -0.2) is 0 Å². The summed E-state index contributed by atoms with van der Waals surface area (Å²) in [5, 5.41) is 9.52. The summed E-state index contributed by atoms with van der Waals surface area (Å²) in [6, 6.07) is 12.6. The van der Waals surface area contributed by atoms with E-state index in [-0.39, 0.29) is 11.2 Å². The highest BCUT2D eigenvalue weighted by Crippen LogP contribution is 2.73. The molecule has 0 amide bonds. The van der Waals surface area contributed by atoms with E-state index in [1.54, 1.807) is 0 Å². The van der Waals surface area contributed by atoms with Crippen molar-refractivity contribution in [3.05, 3.63) is 53.2 Å². The third kappa shape index (κ3) is 1.61. The number of benzene rings is 1. The predicted molar refractivity (Wildman–Crippen MR) is 89.0 cm³/mol. The fourth-order valence-electron chi connectivity index (χ4n) is 4.73. The smallest absolute Gasteiger partial charge is 0.159 e. The molecule has 1 aromatic rings. The van der Waals surface area contributed by atoms with Gasteiger partial charge in [0.05, 0.1) is 11.5 Å². The number of carbonyl (C=O) groups is 1. The van der Waals surface area contributed by atoms with Crippen LogP contribution in [0.4, 0.5) is 0 Å². The number of nitriles is 1. The van der Waals surface area contributed by atoms with Gasteiger partial charge in [-0.2, -0.15) is 5.26 Å². The van der Waals surface area contributed by atoms with Crippen molar-refractivity contribution in [1.82, 2.24) is 4.90 Å². The molecular formula is C20H20N2O. The van der Waals surface area contributed by atoms with Crippen LogP contribution in [0.3, 0.4) is 0 Å². The first-order valence-electron chi connectivity index (χ1n) is 8.11. The van der Waals surface area contributed by atoms with E-state index in [0.717, 1.165) is 6.54 Å². The summed E-state index contributed by atoms with van der Waals surface area (Å²) in [4.78, 5) is 15.0. The van der Waals surface area contributed by atoms with Gasteiger partial charge >= 0.3 is 0 Å². The number of ketones is 1. The van der Waals surface area contributed by atoms with E-state index in [2.05, 4.69) is 36.2 Å². The monoisotopic (exact) mass is 304 g/mol. The summed E-state index contributed by atoms with van der Waals surface area (Å²) in [6.45, 7) is 4.79. The lowest BCUT2D eigenvalue weighted by molar-refractivity contribution is -0.130. The molecule has 1 fully saturated rings. The normalized spacial score (nSPS) is 31.0. The molecule has 1 aliphatic heterocycles. The predicted octanol–water partition coefficient (Wildman–Crippen LogP) is 3.41. The number of hydrogen-bond acceptors (Lipinski definition) is 3. The highest BCUT2D eigenvalue weighted by atomic mass is 16.1. The minimum Gasteiger partial charge on any atom is -0.373 e. The van der Waals surface area contributed by atoms with E-state index in [4.69, 9.17) is 0 Å². The molecule has 0 bridgehead atoms. The van der Waals surface area contributed by atoms with Crippen molar-refractivity contribution in [3.63, 3.8) is 0 Å². The quantitative estimate of drug-likeness (QED) is 0.747. The number of nitrogens with zero attached hydrogens (tertiary/aromatic N) is 2. The Labute approximate surface area is 136 Å². The second-order valence-corrected chi connectivity index (χ2v) is 7.37. The standard InChI is InChI=1S/C20H20N2O/c1-19(2)15-9-10-22(3)17-16(13-7-5-4-6-8-13)20(15,17)11-14(12-21)18(19)23/h4-9,14H,10-11H2,1-3H3. The average Bonchev–Trinajstić information content (AvgIpc) is 3.22. The molecule has 2 aliphatic carbocycles. The van der Waals surface area contributed by atoms with Crippen molar-refractivity contribution in [3.8, 4) is 6.07 Å². The number of Topliss-reactive ketones (excluding diaryl/α,β-unsaturated/α-hetero) is 1. The molecule has 1 spiro atoms. The van der Waals surface area contributed by atoms with Gasteiger partial charge in [0.1, 0.15) is 5.92 Å². The van der Waals surface area contributed by atoms with E-state index < -0.39 is 11.3 Å². The topological polar surface area (TPSA) is 44.1 Å². The maximum atomic E-state index is 12.7. The Kier molecular flexibility index (Phi) is 2.70. The van der Waals surface area contributed by atoms with Crippen molar-refractivity contribution >= 4 is 11.4 Å². The zero-order valence-electron chi connectivity index (χ0n) is 13.8. The van der Waals surface area contributed by atoms with Gasteiger partial charge in [-0.1, -0.05) is 36.4 Å². The van der Waals surface area contributed by atoms with Crippen LogP contribution in [0.25, 0.3) is 5.57 Å². The van der Waals surface area contributed by atoms with Crippen molar-refractivity contribution in [2.24, 2.45) is 16.7 Å². The van der Waals surface area contributed by atoms with Crippen LogP contribution in [0.15, 0.2) is 47.7 Å². The molecule has 2 atom stereocenters. The summed E-state index contributed by atoms with van der Waals surface area (Å²) in [5.41, 5.74) is 4.26. The van der Waals surface area contributed by atoms with Crippen LogP contribution in [-0.2, 0) is 4.79 Å². The molecular weight excluding hydrogens is 284 g/mol. The average molecular weight is 304 g/mol. The van der Waals surface area contributed by atoms with Crippen molar-refractivity contribution < 1.29 is 4.79 Å². The summed E-state index contributed by atoms with van der Waals surface area (Å²) in [6.07, 6.45) is 2.81. The highest BCUT2D eigenvalue weighted by molar-refractivity contribution is 6.02.